The Bertz CT molecular complexity index is 906. The van der Waals surface area contributed by atoms with E-state index in [-0.39, 0.29) is 17.3 Å². The summed E-state index contributed by atoms with van der Waals surface area (Å²) in [5.41, 5.74) is 1.54. The van der Waals surface area contributed by atoms with Crippen LogP contribution in [0.3, 0.4) is 0 Å². The molecule has 1 unspecified atom stereocenters. The van der Waals surface area contributed by atoms with Gasteiger partial charge in [-0.15, -0.1) is 0 Å². The van der Waals surface area contributed by atoms with E-state index < -0.39 is 0 Å². The quantitative estimate of drug-likeness (QED) is 0.726. The molecule has 3 aromatic rings. The highest BCUT2D eigenvalue weighted by molar-refractivity contribution is 6.33. The fourth-order valence-electron chi connectivity index (χ4n) is 2.93. The van der Waals surface area contributed by atoms with Crippen LogP contribution in [0.1, 0.15) is 35.8 Å². The first-order chi connectivity index (χ1) is 12.2. The summed E-state index contributed by atoms with van der Waals surface area (Å²) in [6.45, 7) is 0.662. The summed E-state index contributed by atoms with van der Waals surface area (Å²) < 4.78 is 7.66. The first kappa shape index (κ1) is 16.0. The van der Waals surface area contributed by atoms with Gasteiger partial charge in [-0.3, -0.25) is 14.7 Å². The van der Waals surface area contributed by atoms with Gasteiger partial charge < -0.3 is 4.74 Å². The molecule has 1 fully saturated rings. The van der Waals surface area contributed by atoms with E-state index in [4.69, 9.17) is 16.3 Å². The van der Waals surface area contributed by atoms with Gasteiger partial charge in [0.25, 0.3) is 5.91 Å². The SMILES string of the molecule is O=C(Nc1nc2c(Cl)ncnc2n1C1CCCCO1)c1ccccc1. The fourth-order valence-corrected chi connectivity index (χ4v) is 3.10. The third-order valence-electron chi connectivity index (χ3n) is 4.14. The Labute approximate surface area is 149 Å². The van der Waals surface area contributed by atoms with Crippen LogP contribution in [0.25, 0.3) is 11.2 Å². The van der Waals surface area contributed by atoms with Crippen LogP contribution in [0.15, 0.2) is 36.7 Å². The first-order valence-electron chi connectivity index (χ1n) is 8.10. The maximum absolute atomic E-state index is 12.5. The predicted molar refractivity (Wildman–Crippen MR) is 93.6 cm³/mol. The summed E-state index contributed by atoms with van der Waals surface area (Å²) in [6, 6.07) is 8.96. The average Bonchev–Trinajstić information content (AvgIpc) is 3.02. The zero-order chi connectivity index (χ0) is 17.2. The number of nitrogens with one attached hydrogen (secondary N) is 1. The standard InChI is InChI=1S/C17H16ClN5O2/c18-14-13-15(20-10-19-14)23(12-8-4-5-9-25-12)17(21-13)22-16(24)11-6-2-1-3-7-11/h1-3,6-7,10,12H,4-5,8-9H2,(H,21,22,24). The second kappa shape index (κ2) is 6.78. The lowest BCUT2D eigenvalue weighted by atomic mass is 10.2. The van der Waals surface area contributed by atoms with E-state index in [2.05, 4.69) is 20.3 Å². The molecule has 0 radical (unpaired) electrons. The molecule has 0 spiro atoms. The van der Waals surface area contributed by atoms with Crippen molar-refractivity contribution in [3.05, 3.63) is 47.4 Å². The number of benzene rings is 1. The first-order valence-corrected chi connectivity index (χ1v) is 8.48. The third kappa shape index (κ3) is 3.08. The summed E-state index contributed by atoms with van der Waals surface area (Å²) in [5.74, 6) is 0.107. The Morgan fingerprint density at radius 1 is 1.24 bits per heavy atom. The molecule has 2 aromatic heterocycles. The number of imidazole rings is 1. The van der Waals surface area contributed by atoms with Crippen LogP contribution in [-0.2, 0) is 4.74 Å². The monoisotopic (exact) mass is 357 g/mol. The van der Waals surface area contributed by atoms with Crippen LogP contribution in [0.4, 0.5) is 5.95 Å². The molecule has 8 heteroatoms. The molecule has 0 aliphatic carbocycles. The van der Waals surface area contributed by atoms with Gasteiger partial charge in [-0.25, -0.2) is 15.0 Å². The number of fused-ring (bicyclic) bond motifs is 1. The zero-order valence-corrected chi connectivity index (χ0v) is 14.1. The number of hydrogen-bond acceptors (Lipinski definition) is 5. The van der Waals surface area contributed by atoms with Crippen molar-refractivity contribution in [3.8, 4) is 0 Å². The highest BCUT2D eigenvalue weighted by Crippen LogP contribution is 2.31. The molecule has 1 aliphatic rings. The molecule has 7 nitrogen and oxygen atoms in total. The Morgan fingerprint density at radius 2 is 2.08 bits per heavy atom. The molecule has 0 saturated carbocycles. The highest BCUT2D eigenvalue weighted by Gasteiger charge is 2.25. The van der Waals surface area contributed by atoms with Crippen molar-refractivity contribution in [1.82, 2.24) is 19.5 Å². The van der Waals surface area contributed by atoms with Crippen molar-refractivity contribution >= 4 is 34.6 Å². The van der Waals surface area contributed by atoms with Crippen molar-refractivity contribution in [2.24, 2.45) is 0 Å². The zero-order valence-electron chi connectivity index (χ0n) is 13.4. The second-order valence-electron chi connectivity index (χ2n) is 5.78. The van der Waals surface area contributed by atoms with Gasteiger partial charge in [-0.1, -0.05) is 29.8 Å². The molecule has 1 aromatic carbocycles. The lowest BCUT2D eigenvalue weighted by Gasteiger charge is -2.25. The van der Waals surface area contributed by atoms with E-state index in [9.17, 15) is 4.79 Å². The van der Waals surface area contributed by atoms with Crippen molar-refractivity contribution < 1.29 is 9.53 Å². The van der Waals surface area contributed by atoms with Crippen molar-refractivity contribution in [2.75, 3.05) is 11.9 Å². The second-order valence-corrected chi connectivity index (χ2v) is 6.14. The summed E-state index contributed by atoms with van der Waals surface area (Å²) in [4.78, 5) is 25.2. The minimum atomic E-state index is -0.253. The Kier molecular flexibility index (Phi) is 4.33. The van der Waals surface area contributed by atoms with Gasteiger partial charge in [0.2, 0.25) is 5.95 Å². The summed E-state index contributed by atoms with van der Waals surface area (Å²) >= 11 is 6.15. The molecule has 1 aliphatic heterocycles. The number of nitrogens with zero attached hydrogens (tertiary/aromatic N) is 4. The van der Waals surface area contributed by atoms with Gasteiger partial charge >= 0.3 is 0 Å². The van der Waals surface area contributed by atoms with Crippen molar-refractivity contribution in [2.45, 2.75) is 25.5 Å². The van der Waals surface area contributed by atoms with Crippen LogP contribution in [0, 0.1) is 0 Å². The molecule has 1 saturated heterocycles. The molecule has 128 valence electrons. The van der Waals surface area contributed by atoms with E-state index in [1.165, 1.54) is 6.33 Å². The van der Waals surface area contributed by atoms with Crippen LogP contribution < -0.4 is 5.32 Å². The molecule has 4 rings (SSSR count). The summed E-state index contributed by atoms with van der Waals surface area (Å²) in [6.07, 6.45) is 4.02. The Balaban J connectivity index is 1.76. The van der Waals surface area contributed by atoms with Crippen LogP contribution >= 0.6 is 11.6 Å². The van der Waals surface area contributed by atoms with E-state index in [1.807, 2.05) is 18.2 Å². The largest absolute Gasteiger partial charge is 0.358 e. The number of halogens is 1. The van der Waals surface area contributed by atoms with Gasteiger partial charge in [0.05, 0.1) is 0 Å². The van der Waals surface area contributed by atoms with E-state index in [1.54, 1.807) is 16.7 Å². The molecule has 1 N–H and O–H groups in total. The number of aromatic nitrogens is 4. The normalized spacial score (nSPS) is 17.6. The van der Waals surface area contributed by atoms with Crippen LogP contribution in [0.5, 0.6) is 0 Å². The minimum absolute atomic E-state index is 0.240. The van der Waals surface area contributed by atoms with E-state index >= 15 is 0 Å². The number of amides is 1. The fraction of sp³-hybridized carbons (Fsp3) is 0.294. The average molecular weight is 358 g/mol. The van der Waals surface area contributed by atoms with Gasteiger partial charge in [0.15, 0.2) is 10.8 Å². The number of anilines is 1. The minimum Gasteiger partial charge on any atom is -0.358 e. The molecule has 3 heterocycles. The van der Waals surface area contributed by atoms with E-state index in [0.717, 1.165) is 19.3 Å². The van der Waals surface area contributed by atoms with Gasteiger partial charge in [0, 0.05) is 12.2 Å². The maximum Gasteiger partial charge on any atom is 0.257 e. The topological polar surface area (TPSA) is 81.9 Å². The maximum atomic E-state index is 12.5. The predicted octanol–water partition coefficient (Wildman–Crippen LogP) is 3.43. The number of rotatable bonds is 3. The highest BCUT2D eigenvalue weighted by atomic mass is 35.5. The van der Waals surface area contributed by atoms with Crippen molar-refractivity contribution in [3.63, 3.8) is 0 Å². The number of hydrogen-bond donors (Lipinski definition) is 1. The molecular formula is C17H16ClN5O2. The number of carbonyl (C=O) groups is 1. The molecule has 1 amide bonds. The molecular weight excluding hydrogens is 342 g/mol. The Hall–Kier alpha value is -2.51. The molecule has 0 bridgehead atoms. The van der Waals surface area contributed by atoms with Crippen LogP contribution in [-0.4, -0.2) is 32.0 Å². The smallest absolute Gasteiger partial charge is 0.257 e. The number of ether oxygens (including phenoxy) is 1. The van der Waals surface area contributed by atoms with Crippen molar-refractivity contribution in [1.29, 1.82) is 0 Å². The van der Waals surface area contributed by atoms with Gasteiger partial charge in [-0.2, -0.15) is 0 Å². The number of carbonyl (C=O) groups excluding carboxylic acids is 1. The lowest BCUT2D eigenvalue weighted by Crippen LogP contribution is -2.22. The Morgan fingerprint density at radius 3 is 2.84 bits per heavy atom. The molecule has 1 atom stereocenters. The lowest BCUT2D eigenvalue weighted by molar-refractivity contribution is -0.0285. The van der Waals surface area contributed by atoms with Gasteiger partial charge in [-0.05, 0) is 31.4 Å². The van der Waals surface area contributed by atoms with Gasteiger partial charge in [0.1, 0.15) is 18.1 Å². The summed E-state index contributed by atoms with van der Waals surface area (Å²) in [7, 11) is 0. The summed E-state index contributed by atoms with van der Waals surface area (Å²) in [5, 5.41) is 3.09. The molecule has 25 heavy (non-hydrogen) atoms. The third-order valence-corrected chi connectivity index (χ3v) is 4.41. The van der Waals surface area contributed by atoms with Crippen LogP contribution in [0.2, 0.25) is 5.15 Å². The van der Waals surface area contributed by atoms with E-state index in [0.29, 0.717) is 29.3 Å².